The summed E-state index contributed by atoms with van der Waals surface area (Å²) < 4.78 is 9.52. The van der Waals surface area contributed by atoms with Crippen molar-refractivity contribution in [2.24, 2.45) is 0 Å². The van der Waals surface area contributed by atoms with Crippen LogP contribution in [0, 0.1) is 0 Å². The number of phenols is 1. The number of aromatic hydroxyl groups is 1. The minimum Gasteiger partial charge on any atom is -0.508 e. The topological polar surface area (TPSA) is 102 Å². The van der Waals surface area contributed by atoms with Gasteiger partial charge in [-0.05, 0) is 39.0 Å². The molecule has 2 N–H and O–H groups in total. The second-order valence-corrected chi connectivity index (χ2v) is 5.53. The van der Waals surface area contributed by atoms with E-state index >= 15 is 0 Å². The smallest absolute Gasteiger partial charge is 0.412 e. The van der Waals surface area contributed by atoms with Crippen molar-refractivity contribution < 1.29 is 29.0 Å². The van der Waals surface area contributed by atoms with Gasteiger partial charge in [-0.1, -0.05) is 0 Å². The summed E-state index contributed by atoms with van der Waals surface area (Å²) in [6.07, 6.45) is -1.24. The van der Waals surface area contributed by atoms with Gasteiger partial charge in [-0.3, -0.25) is 14.9 Å². The predicted octanol–water partition coefficient (Wildman–Crippen LogP) is 2.49. The number of rotatable bonds is 4. The first-order chi connectivity index (χ1) is 10.1. The number of ketones is 1. The minimum atomic E-state index is -0.745. The summed E-state index contributed by atoms with van der Waals surface area (Å²) in [6.45, 7) is 5.10. The van der Waals surface area contributed by atoms with Gasteiger partial charge in [-0.2, -0.15) is 0 Å². The van der Waals surface area contributed by atoms with Crippen molar-refractivity contribution in [3.63, 3.8) is 0 Å². The molecule has 22 heavy (non-hydrogen) atoms. The highest BCUT2D eigenvalue weighted by molar-refractivity contribution is 6.10. The monoisotopic (exact) mass is 309 g/mol. The molecule has 0 radical (unpaired) electrons. The average Bonchev–Trinajstić information content (AvgIpc) is 2.38. The summed E-state index contributed by atoms with van der Waals surface area (Å²) in [5, 5.41) is 11.9. The lowest BCUT2D eigenvalue weighted by molar-refractivity contribution is -0.139. The maximum absolute atomic E-state index is 12.0. The highest BCUT2D eigenvalue weighted by Gasteiger charge is 2.20. The normalized spacial score (nSPS) is 10.7. The van der Waals surface area contributed by atoms with Gasteiger partial charge in [0.05, 0.1) is 12.8 Å². The van der Waals surface area contributed by atoms with E-state index in [0.717, 1.165) is 13.2 Å². The van der Waals surface area contributed by atoms with Crippen LogP contribution >= 0.6 is 0 Å². The highest BCUT2D eigenvalue weighted by Crippen LogP contribution is 2.23. The SMILES string of the molecule is COC(=O)CC(=O)c1cc(O)ccc1NC(=O)OC(C)(C)C. The molecule has 0 fully saturated rings. The average molecular weight is 309 g/mol. The highest BCUT2D eigenvalue weighted by atomic mass is 16.6. The molecule has 0 aliphatic rings. The maximum Gasteiger partial charge on any atom is 0.412 e. The number of benzene rings is 1. The van der Waals surface area contributed by atoms with Crippen molar-refractivity contribution in [1.82, 2.24) is 0 Å². The van der Waals surface area contributed by atoms with Gasteiger partial charge in [0, 0.05) is 5.56 Å². The number of hydrogen-bond acceptors (Lipinski definition) is 6. The third kappa shape index (κ3) is 5.43. The molecule has 0 atom stereocenters. The number of hydrogen-bond donors (Lipinski definition) is 2. The largest absolute Gasteiger partial charge is 0.508 e. The molecule has 0 bridgehead atoms. The van der Waals surface area contributed by atoms with Crippen LogP contribution in [0.2, 0.25) is 0 Å². The van der Waals surface area contributed by atoms with Gasteiger partial charge >= 0.3 is 12.1 Å². The summed E-state index contributed by atoms with van der Waals surface area (Å²) >= 11 is 0. The van der Waals surface area contributed by atoms with E-state index in [4.69, 9.17) is 4.74 Å². The molecule has 0 aromatic heterocycles. The fourth-order valence-corrected chi connectivity index (χ4v) is 1.58. The molecule has 7 heteroatoms. The lowest BCUT2D eigenvalue weighted by atomic mass is 10.1. The van der Waals surface area contributed by atoms with Gasteiger partial charge < -0.3 is 14.6 Å². The van der Waals surface area contributed by atoms with Gasteiger partial charge in [-0.15, -0.1) is 0 Å². The molecule has 1 amide bonds. The quantitative estimate of drug-likeness (QED) is 0.383. The molecule has 1 aromatic carbocycles. The van der Waals surface area contributed by atoms with Crippen LogP contribution in [0.25, 0.3) is 0 Å². The van der Waals surface area contributed by atoms with Crippen molar-refractivity contribution in [2.75, 3.05) is 12.4 Å². The lowest BCUT2D eigenvalue weighted by Gasteiger charge is -2.20. The van der Waals surface area contributed by atoms with Crippen LogP contribution in [0.3, 0.4) is 0 Å². The van der Waals surface area contributed by atoms with Crippen molar-refractivity contribution in [3.8, 4) is 5.75 Å². The zero-order chi connectivity index (χ0) is 16.9. The number of carbonyl (C=O) groups excluding carboxylic acids is 3. The second-order valence-electron chi connectivity index (χ2n) is 5.53. The van der Waals surface area contributed by atoms with Crippen LogP contribution in [0.5, 0.6) is 5.75 Å². The summed E-state index contributed by atoms with van der Waals surface area (Å²) in [5.41, 5.74) is -0.561. The Bertz CT molecular complexity index is 588. The maximum atomic E-state index is 12.0. The molecule has 0 heterocycles. The minimum absolute atomic E-state index is 0.00346. The van der Waals surface area contributed by atoms with Crippen LogP contribution < -0.4 is 5.32 Å². The van der Waals surface area contributed by atoms with E-state index in [2.05, 4.69) is 10.1 Å². The molecule has 0 unspecified atom stereocenters. The fraction of sp³-hybridized carbons (Fsp3) is 0.400. The summed E-state index contributed by atoms with van der Waals surface area (Å²) in [6, 6.07) is 3.82. The third-order valence-electron chi connectivity index (χ3n) is 2.47. The van der Waals surface area contributed by atoms with Crippen LogP contribution in [-0.4, -0.2) is 35.7 Å². The number of ether oxygens (including phenoxy) is 2. The Kier molecular flexibility index (Phi) is 5.50. The number of amides is 1. The van der Waals surface area contributed by atoms with E-state index in [9.17, 15) is 19.5 Å². The molecule has 1 rings (SSSR count). The van der Waals surface area contributed by atoms with E-state index in [1.54, 1.807) is 20.8 Å². The van der Waals surface area contributed by atoms with Crippen LogP contribution in [-0.2, 0) is 14.3 Å². The number of nitrogens with one attached hydrogen (secondary N) is 1. The molecular formula is C15H19NO6. The number of esters is 1. The van der Waals surface area contributed by atoms with Crippen LogP contribution in [0.1, 0.15) is 37.6 Å². The standard InChI is InChI=1S/C15H19NO6/c1-15(2,3)22-14(20)16-11-6-5-9(17)7-10(11)12(18)8-13(19)21-4/h5-7,17H,8H2,1-4H3,(H,16,20). The van der Waals surface area contributed by atoms with E-state index in [1.165, 1.54) is 12.1 Å². The van der Waals surface area contributed by atoms with Crippen molar-refractivity contribution in [3.05, 3.63) is 23.8 Å². The van der Waals surface area contributed by atoms with Gasteiger partial charge in [0.1, 0.15) is 17.8 Å². The van der Waals surface area contributed by atoms with Crippen molar-refractivity contribution in [2.45, 2.75) is 32.8 Å². The third-order valence-corrected chi connectivity index (χ3v) is 2.47. The first-order valence-corrected chi connectivity index (χ1v) is 6.55. The second kappa shape index (κ2) is 6.93. The molecule has 1 aromatic rings. The first kappa shape index (κ1) is 17.5. The molecule has 0 saturated heterocycles. The Balaban J connectivity index is 2.98. The van der Waals surface area contributed by atoms with E-state index < -0.39 is 29.9 Å². The Labute approximate surface area is 128 Å². The van der Waals surface area contributed by atoms with Gasteiger partial charge in [-0.25, -0.2) is 4.79 Å². The first-order valence-electron chi connectivity index (χ1n) is 6.55. The van der Waals surface area contributed by atoms with Crippen LogP contribution in [0.4, 0.5) is 10.5 Å². The molecule has 120 valence electrons. The Morgan fingerprint density at radius 1 is 1.23 bits per heavy atom. The summed E-state index contributed by atoms with van der Waals surface area (Å²) in [5.74, 6) is -1.46. The molecule has 0 spiro atoms. The Morgan fingerprint density at radius 3 is 2.41 bits per heavy atom. The summed E-state index contributed by atoms with van der Waals surface area (Å²) in [7, 11) is 1.16. The van der Waals surface area contributed by atoms with Crippen molar-refractivity contribution >= 4 is 23.5 Å². The fourth-order valence-electron chi connectivity index (χ4n) is 1.58. The Hall–Kier alpha value is -2.57. The van der Waals surface area contributed by atoms with Crippen LogP contribution in [0.15, 0.2) is 18.2 Å². The number of carbonyl (C=O) groups is 3. The number of methoxy groups -OCH3 is 1. The summed E-state index contributed by atoms with van der Waals surface area (Å²) in [4.78, 5) is 35.0. The molecule has 0 aliphatic heterocycles. The Morgan fingerprint density at radius 2 is 1.86 bits per heavy atom. The molecule has 7 nitrogen and oxygen atoms in total. The van der Waals surface area contributed by atoms with E-state index in [0.29, 0.717) is 0 Å². The molecule has 0 aliphatic carbocycles. The van der Waals surface area contributed by atoms with Gasteiger partial charge in [0.25, 0.3) is 0 Å². The number of phenolic OH excluding ortho intramolecular Hbond substituents is 1. The number of anilines is 1. The van der Waals surface area contributed by atoms with Gasteiger partial charge in [0.15, 0.2) is 5.78 Å². The zero-order valence-electron chi connectivity index (χ0n) is 12.9. The zero-order valence-corrected chi connectivity index (χ0v) is 12.9. The van der Waals surface area contributed by atoms with E-state index in [-0.39, 0.29) is 17.0 Å². The predicted molar refractivity (Wildman–Crippen MR) is 78.9 cm³/mol. The lowest BCUT2D eigenvalue weighted by Crippen LogP contribution is -2.27. The molecular weight excluding hydrogens is 290 g/mol. The molecule has 0 saturated carbocycles. The van der Waals surface area contributed by atoms with Crippen molar-refractivity contribution in [1.29, 1.82) is 0 Å². The number of Topliss-reactive ketones (excluding diaryl/α,β-unsaturated/α-hetero) is 1. The van der Waals surface area contributed by atoms with Gasteiger partial charge in [0.2, 0.25) is 0 Å². The van der Waals surface area contributed by atoms with E-state index in [1.807, 2.05) is 0 Å².